The molecule has 32 heavy (non-hydrogen) atoms. The van der Waals surface area contributed by atoms with Crippen molar-refractivity contribution < 1.29 is 32.0 Å². The lowest BCUT2D eigenvalue weighted by molar-refractivity contribution is -0.149. The third-order valence-electron chi connectivity index (χ3n) is 6.34. The van der Waals surface area contributed by atoms with Crippen molar-refractivity contribution in [2.45, 2.75) is 63.7 Å². The third-order valence-corrected chi connectivity index (χ3v) is 8.03. The predicted molar refractivity (Wildman–Crippen MR) is 114 cm³/mol. The Morgan fingerprint density at radius 2 is 1.88 bits per heavy atom. The van der Waals surface area contributed by atoms with Crippen LogP contribution in [0.1, 0.15) is 52.2 Å². The summed E-state index contributed by atoms with van der Waals surface area (Å²) in [6.07, 6.45) is 2.73. The zero-order valence-electron chi connectivity index (χ0n) is 19.1. The van der Waals surface area contributed by atoms with Crippen molar-refractivity contribution in [2.24, 2.45) is 11.3 Å². The van der Waals surface area contributed by atoms with E-state index in [1.807, 2.05) is 0 Å². The van der Waals surface area contributed by atoms with Gasteiger partial charge in [0, 0.05) is 14.1 Å². The molecule has 3 rings (SSSR count). The Bertz CT molecular complexity index is 999. The molecule has 3 amide bonds. The molecule has 0 radical (unpaired) electrons. The maximum absolute atomic E-state index is 13.0. The monoisotopic (exact) mass is 469 g/mol. The molecule has 1 saturated carbocycles. The summed E-state index contributed by atoms with van der Waals surface area (Å²) >= 11 is 0. The highest BCUT2D eigenvalue weighted by atomic mass is 32.2. The van der Waals surface area contributed by atoms with Gasteiger partial charge in [-0.15, -0.1) is 0 Å². The molecule has 1 aromatic rings. The molecule has 2 heterocycles. The van der Waals surface area contributed by atoms with Crippen LogP contribution in [0.15, 0.2) is 21.6 Å². The summed E-state index contributed by atoms with van der Waals surface area (Å²) in [6.45, 7) is 5.68. The Morgan fingerprint density at radius 1 is 1.25 bits per heavy atom. The number of nitrogens with zero attached hydrogens (tertiary/aromatic N) is 2. The molecule has 0 unspecified atom stereocenters. The van der Waals surface area contributed by atoms with Crippen molar-refractivity contribution >= 4 is 27.9 Å². The lowest BCUT2D eigenvalue weighted by Gasteiger charge is -2.40. The lowest BCUT2D eigenvalue weighted by atomic mass is 9.67. The van der Waals surface area contributed by atoms with Crippen molar-refractivity contribution in [1.82, 2.24) is 14.5 Å². The van der Waals surface area contributed by atoms with Gasteiger partial charge in [-0.2, -0.15) is 0 Å². The average molecular weight is 470 g/mol. The topological polar surface area (TPSA) is 126 Å². The molecule has 1 spiro atoms. The predicted octanol–water partition coefficient (Wildman–Crippen LogP) is 2.10. The van der Waals surface area contributed by atoms with Gasteiger partial charge in [-0.1, -0.05) is 20.8 Å². The SMILES string of the molecule is CN(C)S(=O)(=O)c1ccc(COC(=O)CN2C(=O)NC3(CCC(C(C)(C)C)CC3)C2=O)o1. The van der Waals surface area contributed by atoms with Crippen LogP contribution in [0.2, 0.25) is 0 Å². The number of rotatable bonds is 6. The number of sulfonamides is 1. The van der Waals surface area contributed by atoms with Crippen LogP contribution in [0.5, 0.6) is 0 Å². The minimum Gasteiger partial charge on any atom is -0.456 e. The molecule has 2 aliphatic rings. The first-order valence-electron chi connectivity index (χ1n) is 10.6. The standard InChI is InChI=1S/C21H31N3O7S/c1-20(2,3)14-8-10-21(11-9-14)18(26)24(19(27)22-21)12-16(25)30-13-15-6-7-17(31-15)32(28,29)23(4)5/h6-7,14H,8-13H2,1-5H3,(H,22,27). The number of esters is 1. The summed E-state index contributed by atoms with van der Waals surface area (Å²) in [4.78, 5) is 38.6. The van der Waals surface area contributed by atoms with Gasteiger partial charge >= 0.3 is 12.0 Å². The Hall–Kier alpha value is -2.40. The molecule has 1 aliphatic carbocycles. The van der Waals surface area contributed by atoms with Gasteiger partial charge in [0.1, 0.15) is 24.5 Å². The number of imide groups is 1. The van der Waals surface area contributed by atoms with Gasteiger partial charge < -0.3 is 14.5 Å². The van der Waals surface area contributed by atoms with E-state index in [-0.39, 0.29) is 22.9 Å². The second-order valence-corrected chi connectivity index (χ2v) is 11.8. The van der Waals surface area contributed by atoms with Crippen LogP contribution >= 0.6 is 0 Å². The quantitative estimate of drug-likeness (QED) is 0.499. The molecule has 0 aromatic carbocycles. The van der Waals surface area contributed by atoms with E-state index in [2.05, 4.69) is 26.1 Å². The van der Waals surface area contributed by atoms with Crippen molar-refractivity contribution in [2.75, 3.05) is 20.6 Å². The van der Waals surface area contributed by atoms with E-state index in [0.29, 0.717) is 18.8 Å². The maximum Gasteiger partial charge on any atom is 0.326 e. The van der Waals surface area contributed by atoms with E-state index < -0.39 is 40.0 Å². The molecule has 10 nitrogen and oxygen atoms in total. The van der Waals surface area contributed by atoms with Crippen LogP contribution in [0.3, 0.4) is 0 Å². The third kappa shape index (κ3) is 4.68. The zero-order chi connectivity index (χ0) is 23.9. The van der Waals surface area contributed by atoms with Crippen LogP contribution in [-0.4, -0.2) is 61.7 Å². The summed E-state index contributed by atoms with van der Waals surface area (Å²) in [6, 6.07) is 2.06. The van der Waals surface area contributed by atoms with Gasteiger partial charge in [0.15, 0.2) is 0 Å². The molecule has 1 N–H and O–H groups in total. The molecular formula is C21H31N3O7S. The minimum absolute atomic E-state index is 0.132. The molecule has 1 saturated heterocycles. The molecule has 2 fully saturated rings. The summed E-state index contributed by atoms with van der Waals surface area (Å²) in [5.41, 5.74) is -0.816. The normalized spacial score (nSPS) is 24.3. The Labute approximate surface area is 188 Å². The van der Waals surface area contributed by atoms with Gasteiger partial charge in [0.2, 0.25) is 5.09 Å². The van der Waals surface area contributed by atoms with Gasteiger partial charge in [0.05, 0.1) is 0 Å². The number of urea groups is 1. The first kappa shape index (κ1) is 24.2. The summed E-state index contributed by atoms with van der Waals surface area (Å²) < 4.78 is 35.4. The van der Waals surface area contributed by atoms with Crippen LogP contribution < -0.4 is 5.32 Å². The van der Waals surface area contributed by atoms with Crippen LogP contribution in [0.4, 0.5) is 4.79 Å². The Morgan fingerprint density at radius 3 is 2.44 bits per heavy atom. The number of carbonyl (C=O) groups is 3. The highest BCUT2D eigenvalue weighted by Crippen LogP contribution is 2.43. The second-order valence-electron chi connectivity index (χ2n) is 9.71. The largest absolute Gasteiger partial charge is 0.456 e. The molecule has 178 valence electrons. The van der Waals surface area contributed by atoms with Crippen molar-refractivity contribution in [1.29, 1.82) is 0 Å². The number of furan rings is 1. The number of hydrogen-bond donors (Lipinski definition) is 1. The second kappa shape index (κ2) is 8.51. The summed E-state index contributed by atoms with van der Waals surface area (Å²) in [5, 5.41) is 2.52. The van der Waals surface area contributed by atoms with Crippen LogP contribution in [0.25, 0.3) is 0 Å². The van der Waals surface area contributed by atoms with Crippen molar-refractivity contribution in [3.05, 3.63) is 17.9 Å². The van der Waals surface area contributed by atoms with Gasteiger partial charge in [-0.3, -0.25) is 14.5 Å². The molecular weight excluding hydrogens is 438 g/mol. The Balaban J connectivity index is 1.57. The fraction of sp³-hybridized carbons (Fsp3) is 0.667. The fourth-order valence-electron chi connectivity index (χ4n) is 4.22. The number of nitrogens with one attached hydrogen (secondary N) is 1. The highest BCUT2D eigenvalue weighted by molar-refractivity contribution is 7.88. The van der Waals surface area contributed by atoms with E-state index in [1.54, 1.807) is 0 Å². The summed E-state index contributed by atoms with van der Waals surface area (Å²) in [5.74, 6) is -0.592. The van der Waals surface area contributed by atoms with E-state index in [1.165, 1.54) is 26.2 Å². The number of carbonyl (C=O) groups excluding carboxylic acids is 3. The average Bonchev–Trinajstić information content (AvgIpc) is 3.26. The van der Waals surface area contributed by atoms with E-state index in [9.17, 15) is 22.8 Å². The van der Waals surface area contributed by atoms with Crippen LogP contribution in [-0.2, 0) is 31.0 Å². The first-order chi connectivity index (χ1) is 14.8. The van der Waals surface area contributed by atoms with Gasteiger partial charge in [-0.25, -0.2) is 17.5 Å². The van der Waals surface area contributed by atoms with Gasteiger partial charge in [-0.05, 0) is 49.1 Å². The molecule has 11 heteroatoms. The van der Waals surface area contributed by atoms with E-state index in [0.717, 1.165) is 22.0 Å². The van der Waals surface area contributed by atoms with Gasteiger partial charge in [0.25, 0.3) is 15.9 Å². The summed E-state index contributed by atoms with van der Waals surface area (Å²) in [7, 11) is -0.991. The number of hydrogen-bond acceptors (Lipinski definition) is 7. The van der Waals surface area contributed by atoms with E-state index in [4.69, 9.17) is 9.15 Å². The van der Waals surface area contributed by atoms with Crippen molar-refractivity contribution in [3.8, 4) is 0 Å². The molecule has 0 atom stereocenters. The minimum atomic E-state index is -3.74. The molecule has 1 aromatic heterocycles. The molecule has 1 aliphatic heterocycles. The highest BCUT2D eigenvalue weighted by Gasteiger charge is 2.53. The zero-order valence-corrected chi connectivity index (χ0v) is 20.0. The van der Waals surface area contributed by atoms with E-state index >= 15 is 0 Å². The molecule has 0 bridgehead atoms. The fourth-order valence-corrected chi connectivity index (χ4v) is 5.03. The first-order valence-corrected chi connectivity index (χ1v) is 12.0. The number of amides is 3. The van der Waals surface area contributed by atoms with Crippen molar-refractivity contribution in [3.63, 3.8) is 0 Å². The maximum atomic E-state index is 13.0. The number of ether oxygens (including phenoxy) is 1. The lowest BCUT2D eigenvalue weighted by Crippen LogP contribution is -2.50. The Kier molecular flexibility index (Phi) is 6.45. The van der Waals surface area contributed by atoms with Crippen LogP contribution in [0, 0.1) is 11.3 Å². The smallest absolute Gasteiger partial charge is 0.326 e.